The molecule has 13 aromatic carbocycles. The molecule has 0 radical (unpaired) electrons. The first-order valence-corrected chi connectivity index (χ1v) is 25.7. The summed E-state index contributed by atoms with van der Waals surface area (Å²) in [6.45, 7) is 0. The van der Waals surface area contributed by atoms with Crippen LogP contribution in [0, 0.1) is 0 Å². The van der Waals surface area contributed by atoms with E-state index in [0.717, 1.165) is 77.9 Å². The van der Waals surface area contributed by atoms with Crippen LogP contribution in [0.2, 0.25) is 0 Å². The van der Waals surface area contributed by atoms with E-state index in [1.807, 2.05) is 0 Å². The standard InChI is InChI=1S/C72H46N2O/c1-3-20-62-49(12-1)26-27-51-28-29-56(45-68(51)62)53-15-9-14-52(42-53)47-30-36-58(37-31-47)73(60-18-11-17-55(44-60)57-35-40-66-67-41-34-50-13-2-4-21-63(50)72(67)75-71(66)46-57)59-38-32-48(33-39-59)54-16-10-19-61(43-54)74-69-24-7-5-22-64(69)65-23-6-8-25-70(65)74/h1-46H. The van der Waals surface area contributed by atoms with Gasteiger partial charge in [-0.2, -0.15) is 0 Å². The third kappa shape index (κ3) is 7.28. The molecule has 0 aliphatic heterocycles. The molecule has 0 aliphatic rings. The molecule has 2 heterocycles. The molecular weight excluding hydrogens is 909 g/mol. The molecule has 15 rings (SSSR count). The Kier molecular flexibility index (Phi) is 9.89. The van der Waals surface area contributed by atoms with E-state index in [0.29, 0.717) is 0 Å². The number of hydrogen-bond acceptors (Lipinski definition) is 2. The molecule has 75 heavy (non-hydrogen) atoms. The lowest BCUT2D eigenvalue weighted by Crippen LogP contribution is -2.10. The lowest BCUT2D eigenvalue weighted by Gasteiger charge is -2.26. The number of para-hydroxylation sites is 2. The van der Waals surface area contributed by atoms with Crippen molar-refractivity contribution in [3.63, 3.8) is 0 Å². The summed E-state index contributed by atoms with van der Waals surface area (Å²) in [6.07, 6.45) is 0. The summed E-state index contributed by atoms with van der Waals surface area (Å²) in [5.74, 6) is 0. The summed E-state index contributed by atoms with van der Waals surface area (Å²) < 4.78 is 9.04. The smallest absolute Gasteiger partial charge is 0.143 e. The van der Waals surface area contributed by atoms with Crippen molar-refractivity contribution in [2.45, 2.75) is 0 Å². The highest BCUT2D eigenvalue weighted by Crippen LogP contribution is 2.42. The van der Waals surface area contributed by atoms with Crippen molar-refractivity contribution in [2.75, 3.05) is 4.90 Å². The predicted molar refractivity (Wildman–Crippen MR) is 317 cm³/mol. The van der Waals surface area contributed by atoms with Gasteiger partial charge in [0.05, 0.1) is 11.0 Å². The van der Waals surface area contributed by atoms with Gasteiger partial charge in [-0.1, -0.05) is 188 Å². The molecule has 0 unspecified atom stereocenters. The van der Waals surface area contributed by atoms with Gasteiger partial charge in [0, 0.05) is 49.7 Å². The Hall–Kier alpha value is -9.96. The fourth-order valence-corrected chi connectivity index (χ4v) is 11.6. The molecule has 0 atom stereocenters. The number of rotatable bonds is 8. The number of nitrogens with zero attached hydrogens (tertiary/aromatic N) is 2. The summed E-state index contributed by atoms with van der Waals surface area (Å²) in [5.41, 5.74) is 17.8. The van der Waals surface area contributed by atoms with E-state index in [1.54, 1.807) is 0 Å². The lowest BCUT2D eigenvalue weighted by atomic mass is 9.95. The van der Waals surface area contributed by atoms with Gasteiger partial charge in [-0.25, -0.2) is 0 Å². The van der Waals surface area contributed by atoms with Crippen molar-refractivity contribution in [1.29, 1.82) is 0 Å². The normalized spacial score (nSPS) is 11.7. The van der Waals surface area contributed by atoms with Crippen LogP contribution in [-0.2, 0) is 0 Å². The summed E-state index contributed by atoms with van der Waals surface area (Å²) in [6, 6.07) is 102. The van der Waals surface area contributed by atoms with Crippen LogP contribution < -0.4 is 4.90 Å². The van der Waals surface area contributed by atoms with E-state index >= 15 is 0 Å². The largest absolute Gasteiger partial charge is 0.455 e. The van der Waals surface area contributed by atoms with Crippen molar-refractivity contribution in [1.82, 2.24) is 4.57 Å². The van der Waals surface area contributed by atoms with E-state index in [2.05, 4.69) is 289 Å². The first-order valence-electron chi connectivity index (χ1n) is 25.7. The van der Waals surface area contributed by atoms with Crippen LogP contribution in [0.4, 0.5) is 17.1 Å². The van der Waals surface area contributed by atoms with Gasteiger partial charge in [-0.05, 0) is 162 Å². The maximum Gasteiger partial charge on any atom is 0.143 e. The topological polar surface area (TPSA) is 21.3 Å². The molecule has 0 aliphatic carbocycles. The van der Waals surface area contributed by atoms with Crippen molar-refractivity contribution in [3.8, 4) is 50.2 Å². The molecule has 0 amide bonds. The van der Waals surface area contributed by atoms with E-state index in [4.69, 9.17) is 4.42 Å². The van der Waals surface area contributed by atoms with Crippen LogP contribution in [0.5, 0.6) is 0 Å². The molecule has 350 valence electrons. The van der Waals surface area contributed by atoms with Crippen LogP contribution in [0.25, 0.3) is 126 Å². The quantitative estimate of drug-likeness (QED) is 0.142. The second-order valence-corrected chi connectivity index (χ2v) is 19.7. The maximum atomic E-state index is 6.66. The Morgan fingerprint density at radius 2 is 0.720 bits per heavy atom. The van der Waals surface area contributed by atoms with Gasteiger partial charge in [0.25, 0.3) is 0 Å². The second kappa shape index (κ2) is 17.4. The molecule has 0 bridgehead atoms. The number of benzene rings is 13. The van der Waals surface area contributed by atoms with Crippen LogP contribution in [-0.4, -0.2) is 4.57 Å². The minimum atomic E-state index is 0.882. The zero-order valence-corrected chi connectivity index (χ0v) is 40.9. The van der Waals surface area contributed by atoms with E-state index < -0.39 is 0 Å². The second-order valence-electron chi connectivity index (χ2n) is 19.7. The van der Waals surface area contributed by atoms with Gasteiger partial charge in [0.1, 0.15) is 11.2 Å². The van der Waals surface area contributed by atoms with Crippen molar-refractivity contribution in [2.24, 2.45) is 0 Å². The molecule has 3 heteroatoms. The third-order valence-electron chi connectivity index (χ3n) is 15.3. The van der Waals surface area contributed by atoms with E-state index in [9.17, 15) is 0 Å². The molecule has 0 spiro atoms. The Balaban J connectivity index is 0.806. The van der Waals surface area contributed by atoms with Gasteiger partial charge in [0.15, 0.2) is 0 Å². The third-order valence-corrected chi connectivity index (χ3v) is 15.3. The van der Waals surface area contributed by atoms with E-state index in [1.165, 1.54) is 65.4 Å². The van der Waals surface area contributed by atoms with Crippen molar-refractivity contribution < 1.29 is 4.42 Å². The van der Waals surface area contributed by atoms with Crippen LogP contribution >= 0.6 is 0 Å². The van der Waals surface area contributed by atoms with Crippen LogP contribution in [0.3, 0.4) is 0 Å². The molecule has 0 N–H and O–H groups in total. The van der Waals surface area contributed by atoms with Crippen LogP contribution in [0.1, 0.15) is 0 Å². The van der Waals surface area contributed by atoms with Gasteiger partial charge in [0.2, 0.25) is 0 Å². The average molecular weight is 955 g/mol. The van der Waals surface area contributed by atoms with Crippen LogP contribution in [0.15, 0.2) is 283 Å². The SMILES string of the molecule is c1cc(-c2ccc(N(c3ccc(-c4cccc(-n5c6ccccc6c6ccccc65)c4)cc3)c3cccc(-c4ccc5c(c4)oc4c6ccccc6ccc54)c3)cc2)cc(-c2ccc3ccc4ccccc4c3c2)c1. The predicted octanol–water partition coefficient (Wildman–Crippen LogP) is 20.3. The summed E-state index contributed by atoms with van der Waals surface area (Å²) in [5, 5.41) is 12.1. The Bertz CT molecular complexity index is 4660. The highest BCUT2D eigenvalue weighted by atomic mass is 16.3. The maximum absolute atomic E-state index is 6.66. The molecule has 0 saturated heterocycles. The Morgan fingerprint density at radius 1 is 0.253 bits per heavy atom. The Morgan fingerprint density at radius 3 is 1.43 bits per heavy atom. The van der Waals surface area contributed by atoms with Gasteiger partial charge in [-0.15, -0.1) is 0 Å². The lowest BCUT2D eigenvalue weighted by molar-refractivity contribution is 0.673. The number of anilines is 3. The zero-order chi connectivity index (χ0) is 49.4. The fraction of sp³-hybridized carbons (Fsp3) is 0. The van der Waals surface area contributed by atoms with Gasteiger partial charge < -0.3 is 13.9 Å². The summed E-state index contributed by atoms with van der Waals surface area (Å²) >= 11 is 0. The monoisotopic (exact) mass is 954 g/mol. The Labute approximate surface area is 434 Å². The average Bonchev–Trinajstić information content (AvgIpc) is 4.04. The van der Waals surface area contributed by atoms with Crippen molar-refractivity contribution in [3.05, 3.63) is 279 Å². The number of fused-ring (bicyclic) bond motifs is 11. The zero-order valence-electron chi connectivity index (χ0n) is 40.9. The molecule has 15 aromatic rings. The molecule has 2 aromatic heterocycles. The molecule has 0 fully saturated rings. The fourth-order valence-electron chi connectivity index (χ4n) is 11.6. The van der Waals surface area contributed by atoms with E-state index in [-0.39, 0.29) is 0 Å². The first kappa shape index (κ1) is 42.7. The summed E-state index contributed by atoms with van der Waals surface area (Å²) in [7, 11) is 0. The minimum Gasteiger partial charge on any atom is -0.455 e. The number of aromatic nitrogens is 1. The molecule has 3 nitrogen and oxygen atoms in total. The minimum absolute atomic E-state index is 0.882. The van der Waals surface area contributed by atoms with Gasteiger partial charge in [-0.3, -0.25) is 0 Å². The summed E-state index contributed by atoms with van der Waals surface area (Å²) in [4.78, 5) is 2.37. The van der Waals surface area contributed by atoms with Gasteiger partial charge >= 0.3 is 0 Å². The number of furan rings is 1. The van der Waals surface area contributed by atoms with Crippen molar-refractivity contribution >= 4 is 93.1 Å². The molecular formula is C72H46N2O. The highest BCUT2D eigenvalue weighted by Gasteiger charge is 2.18. The number of hydrogen-bond donors (Lipinski definition) is 0. The molecule has 0 saturated carbocycles. The highest BCUT2D eigenvalue weighted by molar-refractivity contribution is 6.15. The first-order chi connectivity index (χ1) is 37.1.